The molecule has 1 fully saturated rings. The molecule has 1 heterocycles. The van der Waals surface area contributed by atoms with Crippen LogP contribution in [0.3, 0.4) is 0 Å². The molecule has 0 bridgehead atoms. The molecular formula is C12H26N2O2. The number of unbranched alkanes of at least 4 members (excludes halogenated alkanes) is 2. The van der Waals surface area contributed by atoms with Crippen molar-refractivity contribution in [2.75, 3.05) is 20.2 Å². The highest BCUT2D eigenvalue weighted by Gasteiger charge is 1.96. The van der Waals surface area contributed by atoms with Crippen LogP contribution in [0.5, 0.6) is 0 Å². The Balaban J connectivity index is 0.000000288. The molecule has 96 valence electrons. The van der Waals surface area contributed by atoms with E-state index in [0.29, 0.717) is 6.42 Å². The summed E-state index contributed by atoms with van der Waals surface area (Å²) in [5.74, 6) is -0.0940. The van der Waals surface area contributed by atoms with Crippen molar-refractivity contribution in [3.63, 3.8) is 0 Å². The molecule has 0 amide bonds. The molecule has 2 N–H and O–H groups in total. The zero-order valence-electron chi connectivity index (χ0n) is 10.7. The van der Waals surface area contributed by atoms with E-state index in [1.165, 1.54) is 26.4 Å². The second-order valence-electron chi connectivity index (χ2n) is 3.95. The number of rotatable bonds is 4. The molecule has 1 saturated heterocycles. The molecule has 0 aliphatic carbocycles. The first-order chi connectivity index (χ1) is 7.81. The van der Waals surface area contributed by atoms with Gasteiger partial charge in [-0.15, -0.1) is 0 Å². The fourth-order valence-corrected chi connectivity index (χ4v) is 1.40. The van der Waals surface area contributed by atoms with Crippen molar-refractivity contribution in [1.29, 1.82) is 0 Å². The van der Waals surface area contributed by atoms with Crippen LogP contribution in [-0.2, 0) is 9.53 Å². The monoisotopic (exact) mass is 230 g/mol. The predicted octanol–water partition coefficient (Wildman–Crippen LogP) is 2.00. The number of methoxy groups -OCH3 is 1. The number of hydrogen-bond acceptors (Lipinski definition) is 4. The van der Waals surface area contributed by atoms with Gasteiger partial charge in [0.2, 0.25) is 0 Å². The molecule has 0 radical (unpaired) electrons. The minimum absolute atomic E-state index is 0.0940. The molecule has 4 heteroatoms. The van der Waals surface area contributed by atoms with Crippen LogP contribution in [0.25, 0.3) is 0 Å². The van der Waals surface area contributed by atoms with E-state index >= 15 is 0 Å². The van der Waals surface area contributed by atoms with E-state index in [0.717, 1.165) is 32.4 Å². The van der Waals surface area contributed by atoms with Crippen LogP contribution in [-0.4, -0.2) is 26.2 Å². The van der Waals surface area contributed by atoms with E-state index in [4.69, 9.17) is 0 Å². The summed E-state index contributed by atoms with van der Waals surface area (Å²) in [6.45, 7) is 4.39. The molecule has 16 heavy (non-hydrogen) atoms. The van der Waals surface area contributed by atoms with Gasteiger partial charge in [-0.2, -0.15) is 0 Å². The summed E-state index contributed by atoms with van der Waals surface area (Å²) in [4.78, 5) is 10.5. The lowest BCUT2D eigenvalue weighted by molar-refractivity contribution is -0.140. The van der Waals surface area contributed by atoms with Crippen LogP contribution < -0.4 is 10.9 Å². The molecule has 1 aliphatic rings. The molecule has 0 aromatic carbocycles. The van der Waals surface area contributed by atoms with Crippen molar-refractivity contribution in [2.24, 2.45) is 0 Å². The standard InChI is InChI=1S/C7H14O2.C5H12N2/c1-3-4-5-6-7(8)9-2;1-2-4-6-7-5-3-1/h3-6H2,1-2H3;6-7H,1-5H2. The van der Waals surface area contributed by atoms with Gasteiger partial charge in [-0.25, -0.2) is 0 Å². The third-order valence-corrected chi connectivity index (χ3v) is 2.44. The summed E-state index contributed by atoms with van der Waals surface area (Å²) in [7, 11) is 1.42. The Bertz CT molecular complexity index is 143. The van der Waals surface area contributed by atoms with Crippen molar-refractivity contribution in [2.45, 2.75) is 51.9 Å². The Hall–Kier alpha value is -0.610. The second kappa shape index (κ2) is 12.5. The molecule has 0 spiro atoms. The molecule has 4 nitrogen and oxygen atoms in total. The number of carbonyl (C=O) groups is 1. The number of hydrazine groups is 1. The van der Waals surface area contributed by atoms with E-state index in [1.54, 1.807) is 0 Å². The van der Waals surface area contributed by atoms with E-state index < -0.39 is 0 Å². The van der Waals surface area contributed by atoms with Gasteiger partial charge in [-0.3, -0.25) is 15.6 Å². The first-order valence-electron chi connectivity index (χ1n) is 6.33. The Labute approximate surface area is 99.1 Å². The summed E-state index contributed by atoms with van der Waals surface area (Å²) in [5.41, 5.74) is 6.19. The minimum atomic E-state index is -0.0940. The van der Waals surface area contributed by atoms with Crippen LogP contribution in [0.15, 0.2) is 0 Å². The van der Waals surface area contributed by atoms with Gasteiger partial charge >= 0.3 is 5.97 Å². The van der Waals surface area contributed by atoms with Crippen LogP contribution in [0.1, 0.15) is 51.9 Å². The fraction of sp³-hybridized carbons (Fsp3) is 0.917. The van der Waals surface area contributed by atoms with Gasteiger partial charge in [-0.1, -0.05) is 26.2 Å². The first-order valence-corrected chi connectivity index (χ1v) is 6.33. The number of nitrogens with one attached hydrogen (secondary N) is 2. The third kappa shape index (κ3) is 11.5. The maximum Gasteiger partial charge on any atom is 0.305 e. The topological polar surface area (TPSA) is 50.4 Å². The van der Waals surface area contributed by atoms with Crippen LogP contribution in [0.4, 0.5) is 0 Å². The number of esters is 1. The lowest BCUT2D eigenvalue weighted by Crippen LogP contribution is -2.30. The minimum Gasteiger partial charge on any atom is -0.469 e. The molecule has 0 atom stereocenters. The third-order valence-electron chi connectivity index (χ3n) is 2.44. The second-order valence-corrected chi connectivity index (χ2v) is 3.95. The van der Waals surface area contributed by atoms with Gasteiger partial charge in [-0.05, 0) is 19.3 Å². The summed E-state index contributed by atoms with van der Waals surface area (Å²) in [6.07, 6.45) is 7.83. The van der Waals surface area contributed by atoms with E-state index in [1.807, 2.05) is 0 Å². The number of hydrogen-bond donors (Lipinski definition) is 2. The van der Waals surface area contributed by atoms with E-state index in [2.05, 4.69) is 22.5 Å². The lowest BCUT2D eigenvalue weighted by atomic mass is 10.2. The molecule has 1 rings (SSSR count). The highest BCUT2D eigenvalue weighted by molar-refractivity contribution is 5.68. The maximum atomic E-state index is 10.5. The highest BCUT2D eigenvalue weighted by atomic mass is 16.5. The average molecular weight is 230 g/mol. The summed E-state index contributed by atoms with van der Waals surface area (Å²) < 4.78 is 4.46. The van der Waals surface area contributed by atoms with Gasteiger partial charge in [0.1, 0.15) is 0 Å². The van der Waals surface area contributed by atoms with E-state index in [-0.39, 0.29) is 5.97 Å². The van der Waals surface area contributed by atoms with Gasteiger partial charge in [0.15, 0.2) is 0 Å². The van der Waals surface area contributed by atoms with Crippen LogP contribution in [0, 0.1) is 0 Å². The molecule has 0 unspecified atom stereocenters. The quantitative estimate of drug-likeness (QED) is 0.573. The Kier molecular flexibility index (Phi) is 12.0. The zero-order chi connectivity index (χ0) is 12.1. The first kappa shape index (κ1) is 15.4. The predicted molar refractivity (Wildman–Crippen MR) is 66.0 cm³/mol. The fourth-order valence-electron chi connectivity index (χ4n) is 1.40. The number of carbonyl (C=O) groups excluding carboxylic acids is 1. The van der Waals surface area contributed by atoms with Gasteiger partial charge < -0.3 is 4.74 Å². The van der Waals surface area contributed by atoms with Gasteiger partial charge in [0.25, 0.3) is 0 Å². The summed E-state index contributed by atoms with van der Waals surface area (Å²) in [6, 6.07) is 0. The molecule has 0 saturated carbocycles. The molecule has 1 aliphatic heterocycles. The van der Waals surface area contributed by atoms with Crippen molar-refractivity contribution in [3.05, 3.63) is 0 Å². The van der Waals surface area contributed by atoms with Crippen molar-refractivity contribution < 1.29 is 9.53 Å². The van der Waals surface area contributed by atoms with Crippen molar-refractivity contribution >= 4 is 5.97 Å². The van der Waals surface area contributed by atoms with E-state index in [9.17, 15) is 4.79 Å². The number of ether oxygens (including phenoxy) is 1. The largest absolute Gasteiger partial charge is 0.469 e. The average Bonchev–Trinajstić information content (AvgIpc) is 2.62. The van der Waals surface area contributed by atoms with Crippen LogP contribution in [0.2, 0.25) is 0 Å². The van der Waals surface area contributed by atoms with Crippen molar-refractivity contribution in [1.82, 2.24) is 10.9 Å². The van der Waals surface area contributed by atoms with Crippen molar-refractivity contribution in [3.8, 4) is 0 Å². The Morgan fingerprint density at radius 1 is 1.12 bits per heavy atom. The zero-order valence-corrected chi connectivity index (χ0v) is 10.7. The molecule has 0 aromatic heterocycles. The Morgan fingerprint density at radius 2 is 1.75 bits per heavy atom. The van der Waals surface area contributed by atoms with Gasteiger partial charge in [0.05, 0.1) is 7.11 Å². The Morgan fingerprint density at radius 3 is 2.25 bits per heavy atom. The summed E-state index contributed by atoms with van der Waals surface area (Å²) >= 11 is 0. The highest BCUT2D eigenvalue weighted by Crippen LogP contribution is 1.99. The smallest absolute Gasteiger partial charge is 0.305 e. The van der Waals surface area contributed by atoms with Gasteiger partial charge in [0, 0.05) is 19.5 Å². The maximum absolute atomic E-state index is 10.5. The normalized spacial score (nSPS) is 15.6. The lowest BCUT2D eigenvalue weighted by Gasteiger charge is -1.95. The SMILES string of the molecule is C1CCNNCC1.CCCCCC(=O)OC. The summed E-state index contributed by atoms with van der Waals surface area (Å²) in [5, 5.41) is 0. The van der Waals surface area contributed by atoms with Crippen LogP contribution >= 0.6 is 0 Å². The molecule has 0 aromatic rings. The molecular weight excluding hydrogens is 204 g/mol.